The zero-order valence-corrected chi connectivity index (χ0v) is 13.4. The Morgan fingerprint density at radius 2 is 1.96 bits per heavy atom. The number of aromatic nitrogens is 2. The maximum atomic E-state index is 6.19. The second-order valence-corrected chi connectivity index (χ2v) is 5.28. The van der Waals surface area contributed by atoms with Crippen molar-refractivity contribution in [2.24, 2.45) is 15.9 Å². The van der Waals surface area contributed by atoms with Crippen LogP contribution in [0, 0.1) is 0 Å². The highest BCUT2D eigenvalue weighted by molar-refractivity contribution is 5.96. The van der Waals surface area contributed by atoms with Crippen molar-refractivity contribution in [2.45, 2.75) is 0 Å². The van der Waals surface area contributed by atoms with Crippen LogP contribution in [0.2, 0.25) is 0 Å². The summed E-state index contributed by atoms with van der Waals surface area (Å²) in [5.74, 6) is 1.12. The molecule has 7 heteroatoms. The molecule has 1 aliphatic rings. The minimum absolute atomic E-state index is 0.464. The normalized spacial score (nSPS) is 16.2. The van der Waals surface area contributed by atoms with Crippen molar-refractivity contribution in [1.82, 2.24) is 14.7 Å². The van der Waals surface area contributed by atoms with Crippen LogP contribution in [0.3, 0.4) is 0 Å². The molecule has 0 amide bonds. The van der Waals surface area contributed by atoms with Gasteiger partial charge in [-0.3, -0.25) is 0 Å². The number of rotatable bonds is 4. The second-order valence-electron chi connectivity index (χ2n) is 5.28. The van der Waals surface area contributed by atoms with Crippen LogP contribution in [0.1, 0.15) is 0 Å². The highest BCUT2D eigenvalue weighted by Crippen LogP contribution is 2.16. The highest BCUT2D eigenvalue weighted by Gasteiger charge is 2.14. The van der Waals surface area contributed by atoms with E-state index in [2.05, 4.69) is 26.9 Å². The van der Waals surface area contributed by atoms with E-state index in [9.17, 15) is 0 Å². The number of amidine groups is 1. The van der Waals surface area contributed by atoms with Gasteiger partial charge in [0.2, 0.25) is 0 Å². The highest BCUT2D eigenvalue weighted by atomic mass is 16.5. The average Bonchev–Trinajstić information content (AvgIpc) is 3.13. The maximum absolute atomic E-state index is 6.19. The molecule has 0 unspecified atom stereocenters. The first-order valence-corrected chi connectivity index (χ1v) is 7.73. The van der Waals surface area contributed by atoms with Gasteiger partial charge in [0.15, 0.2) is 5.84 Å². The van der Waals surface area contributed by atoms with Gasteiger partial charge in [-0.1, -0.05) is 30.3 Å². The number of hydrogen-bond donors (Lipinski definition) is 1. The van der Waals surface area contributed by atoms with E-state index in [4.69, 9.17) is 10.5 Å². The lowest BCUT2D eigenvalue weighted by molar-refractivity contribution is 0.0683. The van der Waals surface area contributed by atoms with Gasteiger partial charge in [-0.2, -0.15) is 10.2 Å². The van der Waals surface area contributed by atoms with E-state index < -0.39 is 0 Å². The molecule has 7 nitrogen and oxygen atoms in total. The molecule has 24 heavy (non-hydrogen) atoms. The molecule has 2 heterocycles. The van der Waals surface area contributed by atoms with Gasteiger partial charge in [0.1, 0.15) is 5.82 Å². The first kappa shape index (κ1) is 15.9. The van der Waals surface area contributed by atoms with Gasteiger partial charge in [-0.15, -0.1) is 5.10 Å². The average molecular weight is 324 g/mol. The molecule has 0 radical (unpaired) electrons. The van der Waals surface area contributed by atoms with E-state index in [1.807, 2.05) is 42.6 Å². The van der Waals surface area contributed by atoms with Crippen LogP contribution < -0.4 is 5.73 Å². The Labute approximate surface area is 140 Å². The molecule has 2 N–H and O–H groups in total. The summed E-state index contributed by atoms with van der Waals surface area (Å²) in [6.07, 6.45) is 3.58. The fraction of sp³-hybridized carbons (Fsp3) is 0.235. The minimum Gasteiger partial charge on any atom is -0.384 e. The van der Waals surface area contributed by atoms with Gasteiger partial charge in [-0.05, 0) is 6.07 Å². The molecule has 0 atom stereocenters. The molecule has 1 aliphatic heterocycles. The molecule has 2 aromatic rings. The van der Waals surface area contributed by atoms with E-state index in [1.54, 1.807) is 10.8 Å². The Balaban J connectivity index is 1.82. The zero-order valence-electron chi connectivity index (χ0n) is 13.4. The number of hydrogen-bond acceptors (Lipinski definition) is 5. The SMILES string of the molecule is C=N/N=C(/C=C(\N)n1ccc(-c2ccccc2)n1)N1CCOCC1. The predicted molar refractivity (Wildman–Crippen MR) is 95.5 cm³/mol. The molecule has 3 rings (SSSR count). The third kappa shape index (κ3) is 3.69. The van der Waals surface area contributed by atoms with E-state index in [1.165, 1.54) is 0 Å². The van der Waals surface area contributed by atoms with Crippen molar-refractivity contribution in [3.63, 3.8) is 0 Å². The van der Waals surface area contributed by atoms with Gasteiger partial charge in [0, 0.05) is 37.6 Å². The molecule has 124 valence electrons. The summed E-state index contributed by atoms with van der Waals surface area (Å²) in [6.45, 7) is 6.23. The number of nitrogens with two attached hydrogens (primary N) is 1. The van der Waals surface area contributed by atoms with Crippen molar-refractivity contribution in [2.75, 3.05) is 26.3 Å². The smallest absolute Gasteiger partial charge is 0.154 e. The molecule has 1 saturated heterocycles. The molecular weight excluding hydrogens is 304 g/mol. The van der Waals surface area contributed by atoms with Crippen LogP contribution in [0.15, 0.2) is 58.9 Å². The van der Waals surface area contributed by atoms with E-state index >= 15 is 0 Å². The van der Waals surface area contributed by atoms with Crippen LogP contribution in [0.4, 0.5) is 0 Å². The first-order chi connectivity index (χ1) is 11.8. The third-order valence-electron chi connectivity index (χ3n) is 3.71. The van der Waals surface area contributed by atoms with Gasteiger partial charge in [-0.25, -0.2) is 4.68 Å². The molecule has 1 aromatic heterocycles. The molecule has 0 saturated carbocycles. The summed E-state index contributed by atoms with van der Waals surface area (Å²) in [4.78, 5) is 2.06. The molecule has 1 aromatic carbocycles. The van der Waals surface area contributed by atoms with Crippen molar-refractivity contribution in [3.8, 4) is 11.3 Å². The zero-order chi connectivity index (χ0) is 16.8. The lowest BCUT2D eigenvalue weighted by atomic mass is 10.2. The summed E-state index contributed by atoms with van der Waals surface area (Å²) >= 11 is 0. The lowest BCUT2D eigenvalue weighted by Crippen LogP contribution is -2.40. The fourth-order valence-corrected chi connectivity index (χ4v) is 2.48. The molecule has 1 fully saturated rings. The summed E-state index contributed by atoms with van der Waals surface area (Å²) in [6, 6.07) is 11.9. The quantitative estimate of drug-likeness (QED) is 0.527. The van der Waals surface area contributed by atoms with Crippen molar-refractivity contribution >= 4 is 18.4 Å². The Kier molecular flexibility index (Phi) is 5.02. The van der Waals surface area contributed by atoms with Crippen LogP contribution in [0.5, 0.6) is 0 Å². The van der Waals surface area contributed by atoms with Crippen LogP contribution in [0.25, 0.3) is 17.1 Å². The lowest BCUT2D eigenvalue weighted by Gasteiger charge is -2.28. The van der Waals surface area contributed by atoms with E-state index in [0.717, 1.165) is 24.3 Å². The van der Waals surface area contributed by atoms with Gasteiger partial charge >= 0.3 is 0 Å². The molecule has 0 spiro atoms. The maximum Gasteiger partial charge on any atom is 0.154 e. The van der Waals surface area contributed by atoms with Crippen molar-refractivity contribution in [3.05, 3.63) is 48.7 Å². The third-order valence-corrected chi connectivity index (χ3v) is 3.71. The van der Waals surface area contributed by atoms with E-state index in [0.29, 0.717) is 24.9 Å². The minimum atomic E-state index is 0.464. The Morgan fingerprint density at radius 1 is 1.21 bits per heavy atom. The Morgan fingerprint density at radius 3 is 2.67 bits per heavy atom. The number of benzene rings is 1. The van der Waals surface area contributed by atoms with Gasteiger partial charge in [0.25, 0.3) is 0 Å². The van der Waals surface area contributed by atoms with E-state index in [-0.39, 0.29) is 0 Å². The largest absolute Gasteiger partial charge is 0.384 e. The first-order valence-electron chi connectivity index (χ1n) is 7.73. The summed E-state index contributed by atoms with van der Waals surface area (Å²) in [7, 11) is 0. The Bertz CT molecular complexity index is 743. The van der Waals surface area contributed by atoms with Crippen molar-refractivity contribution < 1.29 is 4.74 Å². The van der Waals surface area contributed by atoms with Gasteiger partial charge < -0.3 is 15.4 Å². The summed E-state index contributed by atoms with van der Waals surface area (Å²) < 4.78 is 6.98. The van der Waals surface area contributed by atoms with Gasteiger partial charge in [0.05, 0.1) is 18.9 Å². The standard InChI is InChI=1S/C17H20N6O/c1-19-20-17(22-9-11-24-12-10-22)13-16(18)23-8-7-15(21-23)14-5-3-2-4-6-14/h2-8,13H,1,9-12,18H2/b16-13+,20-17-. The molecule has 0 bridgehead atoms. The summed E-state index contributed by atoms with van der Waals surface area (Å²) in [5, 5.41) is 12.2. The Hall–Kier alpha value is -2.93. The fourth-order valence-electron chi connectivity index (χ4n) is 2.48. The summed E-state index contributed by atoms with van der Waals surface area (Å²) in [5.41, 5.74) is 8.09. The van der Waals surface area contributed by atoms with Crippen LogP contribution in [-0.2, 0) is 4.74 Å². The number of ether oxygens (including phenoxy) is 1. The topological polar surface area (TPSA) is 81.0 Å². The van der Waals surface area contributed by atoms with Crippen molar-refractivity contribution in [1.29, 1.82) is 0 Å². The molecule has 0 aliphatic carbocycles. The second kappa shape index (κ2) is 7.56. The monoisotopic (exact) mass is 324 g/mol. The van der Waals surface area contributed by atoms with Crippen LogP contribution >= 0.6 is 0 Å². The van der Waals surface area contributed by atoms with Crippen LogP contribution in [-0.4, -0.2) is 53.5 Å². The predicted octanol–water partition coefficient (Wildman–Crippen LogP) is 1.65. The number of nitrogens with zero attached hydrogens (tertiary/aromatic N) is 5. The number of morpholine rings is 1. The molecular formula is C17H20N6O.